The first-order valence-electron chi connectivity index (χ1n) is 16.1. The third-order valence-electron chi connectivity index (χ3n) is 10.9. The molecular weight excluding hydrogens is 597 g/mol. The topological polar surface area (TPSA) is 26.8 Å². The highest BCUT2D eigenvalue weighted by molar-refractivity contribution is 7.25. The molecule has 47 heavy (non-hydrogen) atoms. The number of fused-ring (bicyclic) bond motifs is 10. The van der Waals surface area contributed by atoms with E-state index in [1.165, 1.54) is 75.6 Å². The molecule has 1 atom stereocenters. The van der Waals surface area contributed by atoms with Crippen LogP contribution < -0.4 is 14.0 Å². The van der Waals surface area contributed by atoms with Crippen molar-refractivity contribution in [1.29, 1.82) is 0 Å². The molecule has 0 fully saturated rings. The molecule has 5 nitrogen and oxygen atoms in total. The molecule has 4 aromatic heterocycles. The van der Waals surface area contributed by atoms with E-state index in [1.54, 1.807) is 0 Å². The zero-order valence-electron chi connectivity index (χ0n) is 25.7. The maximum Gasteiger partial charge on any atom is 0.397 e. The molecule has 1 unspecified atom stereocenters. The zero-order valence-corrected chi connectivity index (χ0v) is 26.5. The van der Waals surface area contributed by atoms with Crippen molar-refractivity contribution < 1.29 is 14.0 Å². The van der Waals surface area contributed by atoms with Gasteiger partial charge in [0.15, 0.2) is 11.1 Å². The molecule has 0 saturated heterocycles. The van der Waals surface area contributed by atoms with Crippen molar-refractivity contribution in [2.24, 2.45) is 0 Å². The summed E-state index contributed by atoms with van der Waals surface area (Å²) in [5.41, 5.74) is 10.2. The van der Waals surface area contributed by atoms with Crippen molar-refractivity contribution in [1.82, 2.24) is 9.25 Å². The number of hydrogen-bond acceptors (Lipinski definition) is 2. The normalized spacial score (nSPS) is 16.6. The maximum atomic E-state index is 6.86. The highest BCUT2D eigenvalue weighted by atomic mass is 32.1. The quantitative estimate of drug-likeness (QED) is 0.168. The molecule has 1 spiro atoms. The summed E-state index contributed by atoms with van der Waals surface area (Å²) in [5.74, 6) is 2.95. The Labute approximate surface area is 273 Å². The lowest BCUT2D eigenvalue weighted by Gasteiger charge is -2.33. The van der Waals surface area contributed by atoms with Crippen molar-refractivity contribution in [3.8, 4) is 34.1 Å². The zero-order chi connectivity index (χ0) is 30.8. The summed E-state index contributed by atoms with van der Waals surface area (Å²) in [5, 5.41) is 5.15. The van der Waals surface area contributed by atoms with Crippen LogP contribution in [0.3, 0.4) is 0 Å². The lowest BCUT2D eigenvalue weighted by molar-refractivity contribution is -0.995. The van der Waals surface area contributed by atoms with E-state index in [2.05, 4.69) is 154 Å². The molecule has 0 saturated carbocycles. The maximum absolute atomic E-state index is 6.86. The van der Waals surface area contributed by atoms with Crippen molar-refractivity contribution >= 4 is 53.3 Å². The number of benzene rings is 5. The average Bonchev–Trinajstić information content (AvgIpc) is 3.81. The Kier molecular flexibility index (Phi) is 4.16. The second-order valence-electron chi connectivity index (χ2n) is 13.0. The van der Waals surface area contributed by atoms with Crippen LogP contribution >= 0.6 is 11.3 Å². The van der Waals surface area contributed by atoms with Crippen LogP contribution in [0.4, 0.5) is 0 Å². The minimum absolute atomic E-state index is 0.686. The molecule has 0 bridgehead atoms. The molecule has 3 aliphatic rings. The fraction of sp³-hybridized carbons (Fsp3) is 0.0732. The number of nitrogens with zero attached hydrogens (tertiary/aromatic N) is 4. The predicted molar refractivity (Wildman–Crippen MR) is 186 cm³/mol. The van der Waals surface area contributed by atoms with Gasteiger partial charge in [0.25, 0.3) is 5.82 Å². The molecule has 0 N–H and O–H groups in total. The summed E-state index contributed by atoms with van der Waals surface area (Å²) in [6, 6.07) is 42.1. The van der Waals surface area contributed by atoms with Gasteiger partial charge < -0.3 is 4.74 Å². The SMILES string of the molecule is Cc1c(-c2ccc3c(c2)sc2ccccc23)c(C)[n+]2n1-c1cccc3c1C21c2c(ccc4c5ccccc5n(c24)-c2cccc[n+]21)O3. The summed E-state index contributed by atoms with van der Waals surface area (Å²) >= 11 is 1.88. The van der Waals surface area contributed by atoms with E-state index in [0.29, 0.717) is 0 Å². The number of rotatable bonds is 1. The predicted octanol–water partition coefficient (Wildman–Crippen LogP) is 8.83. The van der Waals surface area contributed by atoms with Gasteiger partial charge in [-0.25, -0.2) is 0 Å². The Balaban J connectivity index is 1.26. The van der Waals surface area contributed by atoms with E-state index >= 15 is 0 Å². The summed E-state index contributed by atoms with van der Waals surface area (Å²) < 4.78 is 19.5. The third-order valence-corrected chi connectivity index (χ3v) is 12.0. The number of para-hydroxylation sites is 1. The van der Waals surface area contributed by atoms with Gasteiger partial charge in [-0.2, -0.15) is 9.13 Å². The smallest absolute Gasteiger partial charge is 0.397 e. The average molecular weight is 623 g/mol. The number of hydrogen-bond donors (Lipinski definition) is 0. The van der Waals surface area contributed by atoms with Crippen LogP contribution in [0.15, 0.2) is 121 Å². The van der Waals surface area contributed by atoms with E-state index in [4.69, 9.17) is 4.74 Å². The van der Waals surface area contributed by atoms with Gasteiger partial charge in [-0.15, -0.1) is 16.0 Å². The van der Waals surface area contributed by atoms with Gasteiger partial charge in [-0.3, -0.25) is 0 Å². The third kappa shape index (κ3) is 2.58. The molecule has 0 amide bonds. The van der Waals surface area contributed by atoms with Crippen LogP contribution in [0.25, 0.3) is 64.6 Å². The van der Waals surface area contributed by atoms with Gasteiger partial charge in [-0.05, 0) is 67.1 Å². The van der Waals surface area contributed by atoms with Gasteiger partial charge in [0.2, 0.25) is 5.69 Å². The van der Waals surface area contributed by atoms with E-state index in [9.17, 15) is 0 Å². The minimum atomic E-state index is -0.686. The lowest BCUT2D eigenvalue weighted by atomic mass is 9.84. The second kappa shape index (κ2) is 7.97. The number of thiophene rings is 1. The Morgan fingerprint density at radius 1 is 0.681 bits per heavy atom. The Morgan fingerprint density at radius 3 is 2.40 bits per heavy atom. The Hall–Kier alpha value is -5.72. The van der Waals surface area contributed by atoms with Gasteiger partial charge in [0.05, 0.1) is 17.5 Å². The monoisotopic (exact) mass is 622 g/mol. The first-order valence-corrected chi connectivity index (χ1v) is 16.9. The molecule has 12 rings (SSSR count). The first kappa shape index (κ1) is 24.5. The molecule has 220 valence electrons. The Bertz CT molecular complexity index is 2920. The van der Waals surface area contributed by atoms with Crippen LogP contribution in [0.2, 0.25) is 0 Å². The number of pyridine rings is 1. The molecule has 5 aromatic carbocycles. The van der Waals surface area contributed by atoms with Crippen LogP contribution in [0.5, 0.6) is 11.5 Å². The second-order valence-corrected chi connectivity index (χ2v) is 14.1. The van der Waals surface area contributed by atoms with Gasteiger partial charge in [0, 0.05) is 43.9 Å². The molecule has 0 aliphatic carbocycles. The molecule has 9 aromatic rings. The van der Waals surface area contributed by atoms with E-state index < -0.39 is 5.66 Å². The summed E-state index contributed by atoms with van der Waals surface area (Å²) in [6.45, 7) is 4.58. The summed E-state index contributed by atoms with van der Waals surface area (Å²) in [4.78, 5) is 0. The fourth-order valence-electron chi connectivity index (χ4n) is 9.27. The first-order chi connectivity index (χ1) is 23.2. The molecule has 3 aliphatic heterocycles. The Morgan fingerprint density at radius 2 is 1.47 bits per heavy atom. The minimum Gasteiger partial charge on any atom is -0.456 e. The van der Waals surface area contributed by atoms with Gasteiger partial charge in [-0.1, -0.05) is 59.3 Å². The van der Waals surface area contributed by atoms with Crippen molar-refractivity contribution in [2.45, 2.75) is 19.5 Å². The fourth-order valence-corrected chi connectivity index (χ4v) is 10.4. The number of ether oxygens (including phenoxy) is 1. The molecule has 0 radical (unpaired) electrons. The van der Waals surface area contributed by atoms with E-state index in [-0.39, 0.29) is 0 Å². The van der Waals surface area contributed by atoms with Crippen LogP contribution in [0, 0.1) is 13.8 Å². The van der Waals surface area contributed by atoms with Crippen molar-refractivity contribution in [2.75, 3.05) is 0 Å². The largest absolute Gasteiger partial charge is 0.456 e. The molecule has 7 heterocycles. The van der Waals surface area contributed by atoms with Crippen LogP contribution in [-0.2, 0) is 5.66 Å². The highest BCUT2D eigenvalue weighted by Crippen LogP contribution is 2.56. The number of aromatic nitrogens is 4. The standard InChI is InChI=1S/C41H26N4OS/c1-23-37(25-17-18-28-27-11-4-6-15-34(27)47-35(28)22-25)24(2)45-41-38-31(44(23)45)13-9-14-32(38)46-33-20-19-29-26-10-3-5-12-30(26)43(40(29)39(33)41)36-16-7-8-21-42(36)41/h3-22H,1-2H3/q+2. The lowest BCUT2D eigenvalue weighted by Crippen LogP contribution is -2.77. The molecular formula is C41H26N4OS+2. The van der Waals surface area contributed by atoms with E-state index in [0.717, 1.165) is 23.0 Å². The highest BCUT2D eigenvalue weighted by Gasteiger charge is 2.69. The van der Waals surface area contributed by atoms with Crippen molar-refractivity contribution in [3.63, 3.8) is 0 Å². The van der Waals surface area contributed by atoms with E-state index in [1.807, 2.05) is 11.3 Å². The van der Waals surface area contributed by atoms with Gasteiger partial charge >= 0.3 is 5.66 Å². The summed E-state index contributed by atoms with van der Waals surface area (Å²) in [6.07, 6.45) is 2.26. The van der Waals surface area contributed by atoms with Gasteiger partial charge in [0.1, 0.15) is 28.3 Å². The van der Waals surface area contributed by atoms with Crippen molar-refractivity contribution in [3.05, 3.63) is 144 Å². The summed E-state index contributed by atoms with van der Waals surface area (Å²) in [7, 11) is 0. The van der Waals surface area contributed by atoms with Crippen LogP contribution in [-0.4, -0.2) is 9.25 Å². The molecule has 6 heteroatoms. The van der Waals surface area contributed by atoms with Crippen LogP contribution in [0.1, 0.15) is 22.5 Å².